The topological polar surface area (TPSA) is 29.5 Å². The van der Waals surface area contributed by atoms with Crippen molar-refractivity contribution in [2.75, 3.05) is 20.2 Å². The van der Waals surface area contributed by atoms with Crippen molar-refractivity contribution in [2.24, 2.45) is 0 Å². The molecule has 0 aromatic heterocycles. The fourth-order valence-corrected chi connectivity index (χ4v) is 2.30. The summed E-state index contributed by atoms with van der Waals surface area (Å²) in [7, 11) is 1.62. The van der Waals surface area contributed by atoms with Crippen LogP contribution in [-0.4, -0.2) is 36.9 Å². The highest BCUT2D eigenvalue weighted by Gasteiger charge is 2.29. The van der Waals surface area contributed by atoms with Crippen LogP contribution in [0.3, 0.4) is 0 Å². The number of likely N-dealkylation sites (N-methyl/N-ethyl adjacent to an activating group) is 1. The highest BCUT2D eigenvalue weighted by atomic mass is 16.5. The number of aldehydes is 1. The number of carbonyl (C=O) groups is 1. The number of carbonyl (C=O) groups excluding carboxylic acids is 1. The van der Waals surface area contributed by atoms with E-state index < -0.39 is 5.54 Å². The van der Waals surface area contributed by atoms with Crippen LogP contribution in [0.25, 0.3) is 0 Å². The number of rotatable bonds is 7. The molecule has 0 fully saturated rings. The molecule has 0 aliphatic heterocycles. The quantitative estimate of drug-likeness (QED) is 0.694. The van der Waals surface area contributed by atoms with Gasteiger partial charge in [0.05, 0.1) is 12.6 Å². The minimum Gasteiger partial charge on any atom is -0.496 e. The van der Waals surface area contributed by atoms with Crippen LogP contribution in [0, 0.1) is 6.07 Å². The molecule has 0 saturated carbocycles. The smallest absolute Gasteiger partial charge is 0.140 e. The molecule has 0 spiro atoms. The van der Waals surface area contributed by atoms with Crippen LogP contribution in [-0.2, 0) is 11.2 Å². The van der Waals surface area contributed by atoms with Crippen LogP contribution in [0.5, 0.6) is 5.75 Å². The normalized spacial score (nSPS) is 14.3. The van der Waals surface area contributed by atoms with Crippen molar-refractivity contribution in [3.8, 4) is 5.75 Å². The molecule has 0 bridgehead atoms. The number of hydrogen-bond acceptors (Lipinski definition) is 3. The van der Waals surface area contributed by atoms with E-state index in [1.54, 1.807) is 7.11 Å². The summed E-state index contributed by atoms with van der Waals surface area (Å²) in [6.07, 6.45) is 1.73. The van der Waals surface area contributed by atoms with Crippen molar-refractivity contribution < 1.29 is 9.53 Å². The van der Waals surface area contributed by atoms with Gasteiger partial charge in [-0.25, -0.2) is 0 Å². The number of nitrogens with zero attached hydrogens (tertiary/aromatic N) is 1. The molecule has 18 heavy (non-hydrogen) atoms. The second-order valence-corrected chi connectivity index (χ2v) is 4.59. The molecule has 99 valence electrons. The molecule has 1 unspecified atom stereocenters. The predicted molar refractivity (Wildman–Crippen MR) is 72.9 cm³/mol. The Balaban J connectivity index is 2.93. The number of methoxy groups -OCH3 is 1. The van der Waals surface area contributed by atoms with E-state index >= 15 is 0 Å². The van der Waals surface area contributed by atoms with Gasteiger partial charge in [-0.2, -0.15) is 0 Å². The van der Waals surface area contributed by atoms with Gasteiger partial charge in [-0.3, -0.25) is 4.90 Å². The van der Waals surface area contributed by atoms with Gasteiger partial charge in [-0.1, -0.05) is 26.0 Å². The highest BCUT2D eigenvalue weighted by Crippen LogP contribution is 2.21. The molecule has 0 saturated heterocycles. The van der Waals surface area contributed by atoms with Gasteiger partial charge in [0.25, 0.3) is 0 Å². The van der Waals surface area contributed by atoms with Gasteiger partial charge in [0, 0.05) is 6.07 Å². The second-order valence-electron chi connectivity index (χ2n) is 4.59. The van der Waals surface area contributed by atoms with Gasteiger partial charge < -0.3 is 9.53 Å². The van der Waals surface area contributed by atoms with Gasteiger partial charge in [-0.15, -0.1) is 0 Å². The second kappa shape index (κ2) is 6.55. The van der Waals surface area contributed by atoms with E-state index in [2.05, 4.69) is 24.8 Å². The zero-order valence-electron chi connectivity index (χ0n) is 11.7. The van der Waals surface area contributed by atoms with Gasteiger partial charge in [-0.05, 0) is 38.1 Å². The molecular weight excluding hydrogens is 226 g/mol. The van der Waals surface area contributed by atoms with Gasteiger partial charge in [0.1, 0.15) is 12.0 Å². The number of hydrogen-bond donors (Lipinski definition) is 0. The van der Waals surface area contributed by atoms with Crippen molar-refractivity contribution in [1.82, 2.24) is 4.90 Å². The molecule has 0 aliphatic carbocycles. The molecule has 1 radical (unpaired) electrons. The number of benzene rings is 1. The summed E-state index contributed by atoms with van der Waals surface area (Å²) in [4.78, 5) is 13.6. The first kappa shape index (κ1) is 14.7. The Morgan fingerprint density at radius 1 is 1.44 bits per heavy atom. The van der Waals surface area contributed by atoms with Crippen LogP contribution in [0.2, 0.25) is 0 Å². The summed E-state index contributed by atoms with van der Waals surface area (Å²) < 4.78 is 5.16. The fourth-order valence-electron chi connectivity index (χ4n) is 2.30. The van der Waals surface area contributed by atoms with Gasteiger partial charge >= 0.3 is 0 Å². The highest BCUT2D eigenvalue weighted by molar-refractivity contribution is 5.64. The van der Waals surface area contributed by atoms with Crippen LogP contribution >= 0.6 is 0 Å². The third kappa shape index (κ3) is 3.33. The Hall–Kier alpha value is -1.35. The zero-order valence-corrected chi connectivity index (χ0v) is 11.7. The lowest BCUT2D eigenvalue weighted by atomic mass is 9.92. The monoisotopic (exact) mass is 248 g/mol. The SMILES string of the molecule is CCN(CC)C(C)(C=O)Cc1cc[c]c(OC)c1. The molecule has 0 N–H and O–H groups in total. The Morgan fingerprint density at radius 3 is 2.61 bits per heavy atom. The molecule has 1 rings (SSSR count). The van der Waals surface area contributed by atoms with Crippen LogP contribution in [0.1, 0.15) is 26.3 Å². The zero-order chi connectivity index (χ0) is 13.6. The maximum atomic E-state index is 11.5. The lowest BCUT2D eigenvalue weighted by Crippen LogP contribution is -2.49. The molecule has 3 nitrogen and oxygen atoms in total. The van der Waals surface area contributed by atoms with Gasteiger partial charge in [0.15, 0.2) is 0 Å². The molecule has 1 aromatic carbocycles. The van der Waals surface area contributed by atoms with E-state index in [0.29, 0.717) is 12.2 Å². The third-order valence-corrected chi connectivity index (χ3v) is 3.36. The maximum absolute atomic E-state index is 11.5. The standard InChI is InChI=1S/C15H22NO2/c1-5-16(6-2)15(3,12-17)11-13-8-7-9-14(10-13)18-4/h7-8,10,12H,5-6,11H2,1-4H3. The Kier molecular flexibility index (Phi) is 5.35. The molecular formula is C15H22NO2. The van der Waals surface area contributed by atoms with Gasteiger partial charge in [0.2, 0.25) is 0 Å². The molecule has 1 atom stereocenters. The van der Waals surface area contributed by atoms with E-state index in [1.807, 2.05) is 25.1 Å². The van der Waals surface area contributed by atoms with E-state index in [1.165, 1.54) is 0 Å². The summed E-state index contributed by atoms with van der Waals surface area (Å²) >= 11 is 0. The Morgan fingerprint density at radius 2 is 2.11 bits per heavy atom. The van der Waals surface area contributed by atoms with Crippen molar-refractivity contribution in [2.45, 2.75) is 32.7 Å². The summed E-state index contributed by atoms with van der Waals surface area (Å²) in [6.45, 7) is 7.86. The minimum absolute atomic E-state index is 0.462. The average molecular weight is 248 g/mol. The summed E-state index contributed by atoms with van der Waals surface area (Å²) in [6, 6.07) is 8.75. The Bertz CT molecular complexity index is 388. The fraction of sp³-hybridized carbons (Fsp3) is 0.533. The van der Waals surface area contributed by atoms with Crippen molar-refractivity contribution in [3.05, 3.63) is 29.8 Å². The van der Waals surface area contributed by atoms with Crippen LogP contribution in [0.15, 0.2) is 18.2 Å². The predicted octanol–water partition coefficient (Wildman–Crippen LogP) is 2.34. The Labute approximate surface area is 110 Å². The number of ether oxygens (including phenoxy) is 1. The van der Waals surface area contributed by atoms with Crippen molar-refractivity contribution >= 4 is 6.29 Å². The summed E-state index contributed by atoms with van der Waals surface area (Å²) in [5.41, 5.74) is 0.627. The maximum Gasteiger partial charge on any atom is 0.140 e. The largest absolute Gasteiger partial charge is 0.496 e. The summed E-state index contributed by atoms with van der Waals surface area (Å²) in [5.74, 6) is 0.709. The summed E-state index contributed by atoms with van der Waals surface area (Å²) in [5, 5.41) is 0. The first-order valence-corrected chi connectivity index (χ1v) is 6.35. The van der Waals surface area contributed by atoms with Crippen molar-refractivity contribution in [3.63, 3.8) is 0 Å². The molecule has 1 aromatic rings. The van der Waals surface area contributed by atoms with E-state index in [4.69, 9.17) is 4.74 Å². The van der Waals surface area contributed by atoms with E-state index in [0.717, 1.165) is 24.9 Å². The minimum atomic E-state index is -0.462. The third-order valence-electron chi connectivity index (χ3n) is 3.36. The van der Waals surface area contributed by atoms with E-state index in [9.17, 15) is 4.79 Å². The molecule has 0 aliphatic rings. The molecule has 0 amide bonds. The van der Waals surface area contributed by atoms with Crippen molar-refractivity contribution in [1.29, 1.82) is 0 Å². The molecule has 0 heterocycles. The first-order chi connectivity index (χ1) is 8.59. The lowest BCUT2D eigenvalue weighted by molar-refractivity contribution is -0.117. The average Bonchev–Trinajstić information content (AvgIpc) is 2.40. The van der Waals surface area contributed by atoms with Crippen LogP contribution in [0.4, 0.5) is 0 Å². The molecule has 3 heteroatoms. The van der Waals surface area contributed by atoms with E-state index in [-0.39, 0.29) is 0 Å². The lowest BCUT2D eigenvalue weighted by Gasteiger charge is -2.35. The first-order valence-electron chi connectivity index (χ1n) is 6.35. The van der Waals surface area contributed by atoms with Crippen LogP contribution < -0.4 is 4.74 Å².